The molecule has 14 heteroatoms. The van der Waals surface area contributed by atoms with E-state index in [-0.39, 0.29) is 18.9 Å². The minimum absolute atomic E-state index is 0.222. The van der Waals surface area contributed by atoms with Crippen LogP contribution in [0.2, 0.25) is 0 Å². The molecule has 12 atom stereocenters. The van der Waals surface area contributed by atoms with Crippen LogP contribution in [0.3, 0.4) is 0 Å². The Labute approximate surface area is 416 Å². The maximum absolute atomic E-state index is 13.2. The van der Waals surface area contributed by atoms with Crippen molar-refractivity contribution in [2.45, 2.75) is 261 Å². The first-order valence-corrected chi connectivity index (χ1v) is 27.0. The monoisotopic (exact) mass is 980 g/mol. The molecule has 1 amide bonds. The number of nitrogens with one attached hydrogen (secondary N) is 1. The molecule has 0 aromatic heterocycles. The number of hydrogen-bond acceptors (Lipinski definition) is 13. The van der Waals surface area contributed by atoms with E-state index in [1.54, 1.807) is 0 Å². The molecule has 12 unspecified atom stereocenters. The number of carbonyl (C=O) groups is 1. The second kappa shape index (κ2) is 41.2. The predicted molar refractivity (Wildman–Crippen MR) is 272 cm³/mol. The van der Waals surface area contributed by atoms with Crippen molar-refractivity contribution in [2.75, 3.05) is 19.8 Å². The van der Waals surface area contributed by atoms with E-state index in [9.17, 15) is 45.6 Å². The highest BCUT2D eigenvalue weighted by Gasteiger charge is 2.51. The number of aliphatic hydroxyl groups excluding tert-OH is 8. The molecule has 2 aliphatic rings. The van der Waals surface area contributed by atoms with Crippen molar-refractivity contribution in [3.8, 4) is 0 Å². The molecule has 400 valence electrons. The van der Waals surface area contributed by atoms with E-state index in [2.05, 4.69) is 79.9 Å². The molecule has 2 heterocycles. The van der Waals surface area contributed by atoms with Gasteiger partial charge in [-0.2, -0.15) is 0 Å². The number of unbranched alkanes of at least 4 members (excludes halogenated alkanes) is 18. The largest absolute Gasteiger partial charge is 0.394 e. The molecule has 2 rings (SSSR count). The summed E-state index contributed by atoms with van der Waals surface area (Å²) in [5, 5.41) is 87.0. The molecular weight excluding hydrogens is 883 g/mol. The normalized spacial score (nSPS) is 26.6. The van der Waals surface area contributed by atoms with E-state index in [0.717, 1.165) is 96.3 Å². The molecule has 2 saturated heterocycles. The summed E-state index contributed by atoms with van der Waals surface area (Å²) >= 11 is 0. The van der Waals surface area contributed by atoms with Gasteiger partial charge in [0.05, 0.1) is 32.0 Å². The van der Waals surface area contributed by atoms with Crippen LogP contribution in [-0.4, -0.2) is 140 Å². The van der Waals surface area contributed by atoms with Crippen LogP contribution < -0.4 is 5.32 Å². The third kappa shape index (κ3) is 27.9. The molecule has 0 aliphatic carbocycles. The van der Waals surface area contributed by atoms with Crippen LogP contribution in [0.25, 0.3) is 0 Å². The lowest BCUT2D eigenvalue weighted by Crippen LogP contribution is -2.65. The van der Waals surface area contributed by atoms with Crippen molar-refractivity contribution in [3.63, 3.8) is 0 Å². The standard InChI is InChI=1S/C55H97NO13/c1-3-5-7-9-11-13-15-17-18-19-20-21-22-23-24-25-26-27-29-31-33-35-37-39-47(60)56-43(44(59)38-36-34-32-30-28-16-14-12-10-8-6-4-2)42-66-54-52(65)50(63)53(46(41-58)68-54)69-55-51(64)49(62)48(61)45(40-57)67-55/h5,7,11,13,17-18,20-21,23-24,43-46,48-55,57-59,61-65H,3-4,6,8-10,12,14-16,19,22,25-42H2,1-2H3,(H,56,60)/b7-5-,13-11-,18-17-,21-20-,24-23-. The van der Waals surface area contributed by atoms with Crippen LogP contribution in [0.4, 0.5) is 0 Å². The second-order valence-corrected chi connectivity index (χ2v) is 19.0. The Hall–Kier alpha value is -2.31. The first-order valence-electron chi connectivity index (χ1n) is 27.0. The second-order valence-electron chi connectivity index (χ2n) is 19.0. The van der Waals surface area contributed by atoms with E-state index in [0.29, 0.717) is 12.8 Å². The summed E-state index contributed by atoms with van der Waals surface area (Å²) in [6.45, 7) is 2.71. The number of amides is 1. The Morgan fingerprint density at radius 3 is 1.54 bits per heavy atom. The molecule has 0 aromatic rings. The summed E-state index contributed by atoms with van der Waals surface area (Å²) in [5.41, 5.74) is 0. The zero-order valence-corrected chi connectivity index (χ0v) is 42.5. The summed E-state index contributed by atoms with van der Waals surface area (Å²) in [6.07, 6.45) is 33.6. The van der Waals surface area contributed by atoms with Gasteiger partial charge < -0.3 is 65.1 Å². The SMILES string of the molecule is CC/C=C\C/C=C\C/C=C\C/C=C\C/C=C\CCCCCCCCCC(=O)NC(COC1OC(CO)C(OC2OC(CO)C(O)C(O)C2O)C(O)C1O)C(O)CCCCCCCCCCCCCC. The third-order valence-corrected chi connectivity index (χ3v) is 13.0. The third-order valence-electron chi connectivity index (χ3n) is 13.0. The average molecular weight is 980 g/mol. The van der Waals surface area contributed by atoms with Gasteiger partial charge in [0.1, 0.15) is 48.8 Å². The number of aliphatic hydroxyl groups is 8. The lowest BCUT2D eigenvalue weighted by atomic mass is 9.97. The summed E-state index contributed by atoms with van der Waals surface area (Å²) < 4.78 is 22.8. The highest BCUT2D eigenvalue weighted by molar-refractivity contribution is 5.76. The van der Waals surface area contributed by atoms with Crippen LogP contribution in [-0.2, 0) is 23.7 Å². The molecule has 0 bridgehead atoms. The van der Waals surface area contributed by atoms with Gasteiger partial charge in [-0.15, -0.1) is 0 Å². The molecule has 0 saturated carbocycles. The van der Waals surface area contributed by atoms with E-state index in [1.807, 2.05) is 0 Å². The summed E-state index contributed by atoms with van der Waals surface area (Å²) in [4.78, 5) is 13.2. The highest BCUT2D eigenvalue weighted by Crippen LogP contribution is 2.30. The number of hydrogen-bond donors (Lipinski definition) is 9. The van der Waals surface area contributed by atoms with E-state index in [4.69, 9.17) is 18.9 Å². The molecule has 14 nitrogen and oxygen atoms in total. The molecule has 2 fully saturated rings. The van der Waals surface area contributed by atoms with E-state index < -0.39 is 86.8 Å². The van der Waals surface area contributed by atoms with E-state index >= 15 is 0 Å². The van der Waals surface area contributed by atoms with Gasteiger partial charge in [-0.05, 0) is 57.8 Å². The first-order chi connectivity index (χ1) is 33.6. The maximum atomic E-state index is 13.2. The minimum atomic E-state index is -1.78. The Morgan fingerprint density at radius 2 is 1.00 bits per heavy atom. The van der Waals surface area contributed by atoms with Gasteiger partial charge in [-0.3, -0.25) is 4.79 Å². The molecule has 0 radical (unpaired) electrons. The Kier molecular flexibility index (Phi) is 37.5. The number of carbonyl (C=O) groups excluding carboxylic acids is 1. The van der Waals surface area contributed by atoms with Gasteiger partial charge in [0.25, 0.3) is 0 Å². The van der Waals surface area contributed by atoms with Gasteiger partial charge in [-0.25, -0.2) is 0 Å². The van der Waals surface area contributed by atoms with Gasteiger partial charge in [-0.1, -0.05) is 184 Å². The topological polar surface area (TPSA) is 228 Å². The van der Waals surface area contributed by atoms with Crippen molar-refractivity contribution >= 4 is 5.91 Å². The molecule has 9 N–H and O–H groups in total. The fourth-order valence-electron chi connectivity index (χ4n) is 8.62. The zero-order valence-electron chi connectivity index (χ0n) is 42.5. The summed E-state index contributed by atoms with van der Waals surface area (Å²) in [7, 11) is 0. The number of rotatable bonds is 41. The number of ether oxygens (including phenoxy) is 4. The molecule has 69 heavy (non-hydrogen) atoms. The van der Waals surface area contributed by atoms with Gasteiger partial charge in [0.15, 0.2) is 12.6 Å². The average Bonchev–Trinajstić information content (AvgIpc) is 3.35. The van der Waals surface area contributed by atoms with Crippen LogP contribution in [0.15, 0.2) is 60.8 Å². The molecule has 0 spiro atoms. The van der Waals surface area contributed by atoms with Crippen LogP contribution >= 0.6 is 0 Å². The van der Waals surface area contributed by atoms with Gasteiger partial charge >= 0.3 is 0 Å². The molecule has 2 aliphatic heterocycles. The van der Waals surface area contributed by atoms with Crippen molar-refractivity contribution in [1.82, 2.24) is 5.32 Å². The lowest BCUT2D eigenvalue weighted by molar-refractivity contribution is -0.359. The van der Waals surface area contributed by atoms with Crippen LogP contribution in [0.1, 0.15) is 187 Å². The maximum Gasteiger partial charge on any atom is 0.220 e. The Morgan fingerprint density at radius 1 is 0.536 bits per heavy atom. The minimum Gasteiger partial charge on any atom is -0.394 e. The Bertz CT molecular complexity index is 1390. The quantitative estimate of drug-likeness (QED) is 0.0211. The Balaban J connectivity index is 1.78. The van der Waals surface area contributed by atoms with E-state index in [1.165, 1.54) is 57.8 Å². The fraction of sp³-hybridized carbons (Fsp3) is 0.800. The first kappa shape index (κ1) is 62.8. The van der Waals surface area contributed by atoms with Crippen molar-refractivity contribution < 1.29 is 64.6 Å². The summed E-state index contributed by atoms with van der Waals surface area (Å²) in [6, 6.07) is -0.836. The zero-order chi connectivity index (χ0) is 50.3. The summed E-state index contributed by atoms with van der Waals surface area (Å²) in [5.74, 6) is -0.222. The number of allylic oxidation sites excluding steroid dienone is 10. The van der Waals surface area contributed by atoms with Crippen molar-refractivity contribution in [1.29, 1.82) is 0 Å². The highest BCUT2D eigenvalue weighted by atomic mass is 16.7. The van der Waals surface area contributed by atoms with Gasteiger partial charge in [0, 0.05) is 6.42 Å². The lowest BCUT2D eigenvalue weighted by Gasteiger charge is -2.46. The predicted octanol–water partition coefficient (Wildman–Crippen LogP) is 7.83. The molecular formula is C55H97NO13. The smallest absolute Gasteiger partial charge is 0.220 e. The molecule has 0 aromatic carbocycles. The van der Waals surface area contributed by atoms with Crippen LogP contribution in [0, 0.1) is 0 Å². The van der Waals surface area contributed by atoms with Crippen molar-refractivity contribution in [3.05, 3.63) is 60.8 Å². The van der Waals surface area contributed by atoms with Crippen LogP contribution in [0.5, 0.6) is 0 Å². The van der Waals surface area contributed by atoms with Crippen molar-refractivity contribution in [2.24, 2.45) is 0 Å². The fourth-order valence-corrected chi connectivity index (χ4v) is 8.62. The van der Waals surface area contributed by atoms with Gasteiger partial charge in [0.2, 0.25) is 5.91 Å².